The maximum absolute atomic E-state index is 2.70. The fourth-order valence-corrected chi connectivity index (χ4v) is 9.62. The third-order valence-electron chi connectivity index (χ3n) is 12.1. The van der Waals surface area contributed by atoms with Gasteiger partial charge in [-0.3, -0.25) is 0 Å². The maximum atomic E-state index is 2.70. The molecular weight excluding hydrogens is 575 g/mol. The van der Waals surface area contributed by atoms with Crippen molar-refractivity contribution in [2.75, 3.05) is 0 Å². The molecule has 2 aliphatic carbocycles. The lowest BCUT2D eigenvalue weighted by molar-refractivity contribution is 0.435. The first kappa shape index (κ1) is 29.8. The smallest absolute Gasteiger partial charge is 0.0825 e. The van der Waals surface area contributed by atoms with Crippen LogP contribution < -0.4 is 10.7 Å². The van der Waals surface area contributed by atoms with Crippen LogP contribution in [0.1, 0.15) is 59.9 Å². The Kier molecular flexibility index (Phi) is 6.88. The molecule has 0 fully saturated rings. The van der Waals surface area contributed by atoms with Crippen molar-refractivity contribution < 1.29 is 0 Å². The van der Waals surface area contributed by atoms with E-state index in [0.717, 1.165) is 19.3 Å². The predicted molar refractivity (Wildman–Crippen MR) is 212 cm³/mol. The molecular formula is C47H45B. The van der Waals surface area contributed by atoms with Crippen molar-refractivity contribution in [3.05, 3.63) is 131 Å². The molecule has 0 amide bonds. The van der Waals surface area contributed by atoms with Gasteiger partial charge in [0.2, 0.25) is 6.71 Å². The van der Waals surface area contributed by atoms with Crippen LogP contribution in [-0.2, 0) is 6.42 Å². The molecule has 1 unspecified atom stereocenters. The number of hydrogen-bond acceptors (Lipinski definition) is 0. The fraction of sp³-hybridized carbons (Fsp3) is 0.277. The van der Waals surface area contributed by atoms with E-state index in [0.29, 0.717) is 23.7 Å². The minimum absolute atomic E-state index is 0.196. The number of benzene rings is 7. The van der Waals surface area contributed by atoms with Crippen LogP contribution in [0.4, 0.5) is 0 Å². The topological polar surface area (TPSA) is 0 Å². The summed E-state index contributed by atoms with van der Waals surface area (Å²) in [5.74, 6) is 2.14. The van der Waals surface area contributed by atoms with Crippen LogP contribution in [0.5, 0.6) is 0 Å². The van der Waals surface area contributed by atoms with Gasteiger partial charge in [0.25, 0.3) is 0 Å². The molecule has 0 nitrogen and oxygen atoms in total. The molecule has 2 aliphatic rings. The first-order valence-electron chi connectivity index (χ1n) is 18.4. The highest BCUT2D eigenvalue weighted by molar-refractivity contribution is 6.96. The predicted octanol–water partition coefficient (Wildman–Crippen LogP) is 11.4. The summed E-state index contributed by atoms with van der Waals surface area (Å²) in [4.78, 5) is 0. The molecule has 0 bridgehead atoms. The molecule has 0 N–H and O–H groups in total. The van der Waals surface area contributed by atoms with Gasteiger partial charge in [0.1, 0.15) is 0 Å². The monoisotopic (exact) mass is 620 g/mol. The molecule has 0 aliphatic heterocycles. The van der Waals surface area contributed by atoms with Gasteiger partial charge in [0.15, 0.2) is 0 Å². The Balaban J connectivity index is 1.45. The van der Waals surface area contributed by atoms with Crippen molar-refractivity contribution in [3.8, 4) is 0 Å². The van der Waals surface area contributed by atoms with Gasteiger partial charge in [-0.05, 0) is 108 Å². The van der Waals surface area contributed by atoms with Crippen LogP contribution in [-0.4, -0.2) is 6.71 Å². The van der Waals surface area contributed by atoms with Crippen molar-refractivity contribution >= 4 is 71.5 Å². The van der Waals surface area contributed by atoms with Crippen molar-refractivity contribution in [2.24, 2.45) is 23.7 Å². The Hall–Kier alpha value is -4.36. The maximum Gasteiger partial charge on any atom is 0.238 e. The minimum Gasteiger partial charge on any atom is -0.0825 e. The standard InChI is InChI=1S/C47H45B/c1-27(2)36-25-39(28(3)4)47(40(26-36)29(5)6)48(41-23-19-34-15-13-30-9-7-11-32-17-21-37(41)45(34)43(30)32)42-24-20-35-16-14-31-10-8-12-33-18-22-38(42)46(35)44(31)33/h7-19,21-23,25,27-29,36H,20,24,26H2,1-6H3. The second-order valence-corrected chi connectivity index (χ2v) is 15.7. The van der Waals surface area contributed by atoms with Gasteiger partial charge in [0, 0.05) is 0 Å². The summed E-state index contributed by atoms with van der Waals surface area (Å²) in [6.07, 6.45) is 6.03. The van der Waals surface area contributed by atoms with Crippen LogP contribution >= 0.6 is 0 Å². The average Bonchev–Trinajstić information content (AvgIpc) is 3.10. The number of allylic oxidation sites excluding steroid dienone is 4. The molecule has 48 heavy (non-hydrogen) atoms. The first-order chi connectivity index (χ1) is 23.3. The van der Waals surface area contributed by atoms with Crippen LogP contribution in [0.3, 0.4) is 0 Å². The molecule has 0 saturated heterocycles. The summed E-state index contributed by atoms with van der Waals surface area (Å²) < 4.78 is 0. The van der Waals surface area contributed by atoms with Crippen molar-refractivity contribution in [1.82, 2.24) is 0 Å². The fourth-order valence-electron chi connectivity index (χ4n) is 9.62. The lowest BCUT2D eigenvalue weighted by Crippen LogP contribution is -2.42. The quantitative estimate of drug-likeness (QED) is 0.128. The molecule has 236 valence electrons. The Bertz CT molecular complexity index is 2490. The van der Waals surface area contributed by atoms with E-state index in [2.05, 4.69) is 145 Å². The van der Waals surface area contributed by atoms with Crippen LogP contribution in [0.25, 0.3) is 59.3 Å². The minimum atomic E-state index is 0.196. The van der Waals surface area contributed by atoms with Gasteiger partial charge in [-0.1, -0.05) is 172 Å². The van der Waals surface area contributed by atoms with Gasteiger partial charge in [-0.2, -0.15) is 0 Å². The summed E-state index contributed by atoms with van der Waals surface area (Å²) in [7, 11) is 0. The number of aryl methyl sites for hydroxylation is 1. The third-order valence-corrected chi connectivity index (χ3v) is 12.1. The van der Waals surface area contributed by atoms with E-state index >= 15 is 0 Å². The zero-order chi connectivity index (χ0) is 32.8. The Morgan fingerprint density at radius 3 is 1.79 bits per heavy atom. The highest BCUT2D eigenvalue weighted by atomic mass is 14.3. The zero-order valence-electron chi connectivity index (χ0n) is 29.3. The van der Waals surface area contributed by atoms with Gasteiger partial charge in [0.05, 0.1) is 0 Å². The highest BCUT2D eigenvalue weighted by Crippen LogP contribution is 2.44. The van der Waals surface area contributed by atoms with E-state index in [1.54, 1.807) is 22.1 Å². The van der Waals surface area contributed by atoms with Crippen molar-refractivity contribution in [2.45, 2.75) is 60.8 Å². The number of hydrogen-bond donors (Lipinski definition) is 0. The zero-order valence-corrected chi connectivity index (χ0v) is 29.3. The second-order valence-electron chi connectivity index (χ2n) is 15.7. The van der Waals surface area contributed by atoms with E-state index in [4.69, 9.17) is 0 Å². The molecule has 1 heteroatoms. The highest BCUT2D eigenvalue weighted by Gasteiger charge is 2.38. The van der Waals surface area contributed by atoms with Gasteiger partial charge in [-0.25, -0.2) is 0 Å². The van der Waals surface area contributed by atoms with E-state index in [-0.39, 0.29) is 6.71 Å². The molecule has 0 heterocycles. The van der Waals surface area contributed by atoms with Gasteiger partial charge in [-0.15, -0.1) is 0 Å². The Morgan fingerprint density at radius 2 is 1.15 bits per heavy atom. The molecule has 9 rings (SSSR count). The Labute approximate surface area is 285 Å². The van der Waals surface area contributed by atoms with Crippen LogP contribution in [0.2, 0.25) is 0 Å². The van der Waals surface area contributed by atoms with E-state index in [1.165, 1.54) is 70.1 Å². The molecule has 0 spiro atoms. The summed E-state index contributed by atoms with van der Waals surface area (Å²) >= 11 is 0. The molecule has 0 radical (unpaired) electrons. The summed E-state index contributed by atoms with van der Waals surface area (Å²) in [6, 6.07) is 37.7. The lowest BCUT2D eigenvalue weighted by Gasteiger charge is -2.37. The van der Waals surface area contributed by atoms with Crippen LogP contribution in [0, 0.1) is 23.7 Å². The largest absolute Gasteiger partial charge is 0.238 e. The average molecular weight is 621 g/mol. The summed E-state index contributed by atoms with van der Waals surface area (Å²) in [5.41, 5.74) is 9.47. The molecule has 7 aromatic rings. The SMILES string of the molecule is CC(C)C1=CC(C(C)C)CC(C(C)C)=C1B(C1=c2ccc3cccc4ccc(c2c43)CC1)c1ccc2ccc3cccc4ccc1c2c34. The third kappa shape index (κ3) is 4.36. The summed E-state index contributed by atoms with van der Waals surface area (Å²) in [6.45, 7) is 14.8. The molecule has 0 aromatic heterocycles. The molecule has 7 aromatic carbocycles. The summed E-state index contributed by atoms with van der Waals surface area (Å²) in [5, 5.41) is 15.4. The van der Waals surface area contributed by atoms with E-state index in [9.17, 15) is 0 Å². The number of rotatable bonds is 6. The van der Waals surface area contributed by atoms with E-state index < -0.39 is 0 Å². The van der Waals surface area contributed by atoms with Gasteiger partial charge >= 0.3 is 0 Å². The van der Waals surface area contributed by atoms with Crippen molar-refractivity contribution in [1.29, 1.82) is 0 Å². The normalized spacial score (nSPS) is 17.1. The van der Waals surface area contributed by atoms with Crippen LogP contribution in [0.15, 0.2) is 120 Å². The molecule has 0 saturated carbocycles. The Morgan fingerprint density at radius 1 is 0.562 bits per heavy atom. The lowest BCUT2D eigenvalue weighted by atomic mass is 9.31. The van der Waals surface area contributed by atoms with E-state index in [1.807, 2.05) is 0 Å². The molecule has 1 atom stereocenters. The second kappa shape index (κ2) is 11.1. The van der Waals surface area contributed by atoms with Crippen molar-refractivity contribution in [3.63, 3.8) is 0 Å². The van der Waals surface area contributed by atoms with Gasteiger partial charge < -0.3 is 0 Å². The first-order valence-corrected chi connectivity index (χ1v) is 18.4.